The number of piperidine rings is 1. The number of hydrogen-bond acceptors (Lipinski definition) is 9. The molecule has 1 aliphatic heterocycles. The summed E-state index contributed by atoms with van der Waals surface area (Å²) < 4.78 is 19.9. The summed E-state index contributed by atoms with van der Waals surface area (Å²) in [6, 6.07) is 11.6. The Hall–Kier alpha value is -4.69. The number of thiazole rings is 1. The molecule has 1 fully saturated rings. The Bertz CT molecular complexity index is 1890. The molecule has 0 spiro atoms. The van der Waals surface area contributed by atoms with Gasteiger partial charge in [-0.05, 0) is 79.9 Å². The van der Waals surface area contributed by atoms with Crippen molar-refractivity contribution in [3.05, 3.63) is 87.1 Å². The first-order valence-electron chi connectivity index (χ1n) is 20.0. The number of fused-ring (bicyclic) bond motifs is 1. The lowest BCUT2D eigenvalue weighted by atomic mass is 9.80. The number of esters is 1. The van der Waals surface area contributed by atoms with E-state index in [0.717, 1.165) is 42.7 Å². The minimum atomic E-state index is -1.10. The number of nitrogens with zero attached hydrogens (tertiary/aromatic N) is 3. The number of hydrogen-bond donors (Lipinski definition) is 3. The molecular weight excluding hydrogens is 750 g/mol. The molecule has 2 aromatic carbocycles. The second-order valence-corrected chi connectivity index (χ2v) is 16.8. The van der Waals surface area contributed by atoms with Gasteiger partial charge in [-0.3, -0.25) is 28.9 Å². The maximum atomic E-state index is 14.9. The van der Waals surface area contributed by atoms with Crippen molar-refractivity contribution in [2.45, 2.75) is 122 Å². The number of carboxylic acids is 1. The Kier molecular flexibility index (Phi) is 15.0. The average molecular weight is 806 g/mol. The fourth-order valence-corrected chi connectivity index (χ4v) is 8.85. The summed E-state index contributed by atoms with van der Waals surface area (Å²) in [5, 5.41) is 17.9. The van der Waals surface area contributed by atoms with Crippen molar-refractivity contribution in [2.24, 2.45) is 11.8 Å². The standard InChI is InChI=1S/C43H56FN5O7S/c1-7-26(4)38(47-40(52)35-15-11-12-18-48(35)6)42(53)49(23-28-13-9-8-10-14-28)36(25(2)3)22-37(56-27(5)50)41-46-34(24-57-41)39(51)45-31-19-29-16-17-30(44)20-32(29)33(21-31)43(54)55/h8-10,13-14,16-17,20,24-26,31,33,35-38H,7,11-12,15,18-19,21-23H2,1-6H3,(H,45,51)(H,47,52)(H,54,55)/t26-,31-,33+,35+,36+,37+,38-/m0/s1. The average Bonchev–Trinajstić information content (AvgIpc) is 3.68. The molecule has 3 aromatic rings. The van der Waals surface area contributed by atoms with Crippen LogP contribution >= 0.6 is 11.3 Å². The van der Waals surface area contributed by atoms with Crippen LogP contribution in [0.4, 0.5) is 4.39 Å². The van der Waals surface area contributed by atoms with Gasteiger partial charge >= 0.3 is 11.9 Å². The lowest BCUT2D eigenvalue weighted by Gasteiger charge is -2.40. The van der Waals surface area contributed by atoms with Gasteiger partial charge in [0.25, 0.3) is 5.91 Å². The molecule has 0 saturated carbocycles. The molecule has 14 heteroatoms. The van der Waals surface area contributed by atoms with Gasteiger partial charge in [-0.15, -0.1) is 11.3 Å². The molecule has 3 amide bonds. The Morgan fingerprint density at radius 2 is 1.82 bits per heavy atom. The number of benzene rings is 2. The van der Waals surface area contributed by atoms with E-state index < -0.39 is 53.8 Å². The lowest BCUT2D eigenvalue weighted by molar-refractivity contribution is -0.150. The summed E-state index contributed by atoms with van der Waals surface area (Å²) in [4.78, 5) is 75.4. The summed E-state index contributed by atoms with van der Waals surface area (Å²) in [6.07, 6.45) is 3.03. The quantitative estimate of drug-likeness (QED) is 0.142. The maximum absolute atomic E-state index is 14.9. The molecule has 1 saturated heterocycles. The van der Waals surface area contributed by atoms with Gasteiger partial charge in [0.1, 0.15) is 22.6 Å². The van der Waals surface area contributed by atoms with Gasteiger partial charge in [0.05, 0.1) is 12.0 Å². The van der Waals surface area contributed by atoms with Gasteiger partial charge in [0.15, 0.2) is 6.10 Å². The number of rotatable bonds is 16. The van der Waals surface area contributed by atoms with Gasteiger partial charge < -0.3 is 25.4 Å². The topological polar surface area (TPSA) is 158 Å². The first-order chi connectivity index (χ1) is 27.2. The lowest BCUT2D eigenvalue weighted by Crippen LogP contribution is -2.58. The van der Waals surface area contributed by atoms with E-state index in [9.17, 15) is 33.5 Å². The number of carbonyl (C=O) groups is 5. The molecule has 12 nitrogen and oxygen atoms in total. The zero-order valence-corrected chi connectivity index (χ0v) is 34.5. The largest absolute Gasteiger partial charge is 0.481 e. The maximum Gasteiger partial charge on any atom is 0.311 e. The Labute approximate surface area is 338 Å². The summed E-state index contributed by atoms with van der Waals surface area (Å²) >= 11 is 1.15. The summed E-state index contributed by atoms with van der Waals surface area (Å²) in [7, 11) is 1.94. The normalized spacial score (nSPS) is 20.4. The summed E-state index contributed by atoms with van der Waals surface area (Å²) in [5.74, 6) is -4.35. The summed E-state index contributed by atoms with van der Waals surface area (Å²) in [5.41, 5.74) is 2.03. The van der Waals surface area contributed by atoms with Crippen molar-refractivity contribution in [3.8, 4) is 0 Å². The van der Waals surface area contributed by atoms with Crippen LogP contribution in [0.2, 0.25) is 0 Å². The van der Waals surface area contributed by atoms with E-state index in [4.69, 9.17) is 4.74 Å². The second-order valence-electron chi connectivity index (χ2n) is 15.9. The molecule has 2 heterocycles. The van der Waals surface area contributed by atoms with Crippen LogP contribution in [0.15, 0.2) is 53.9 Å². The van der Waals surface area contributed by atoms with Crippen LogP contribution in [0.5, 0.6) is 0 Å². The van der Waals surface area contributed by atoms with Crippen LogP contribution in [-0.2, 0) is 36.9 Å². The van der Waals surface area contributed by atoms with Crippen LogP contribution in [0, 0.1) is 17.7 Å². The zero-order chi connectivity index (χ0) is 41.4. The molecule has 5 rings (SSSR count). The van der Waals surface area contributed by atoms with Crippen molar-refractivity contribution >= 4 is 41.0 Å². The van der Waals surface area contributed by atoms with Crippen molar-refractivity contribution in [1.82, 2.24) is 25.4 Å². The first kappa shape index (κ1) is 43.4. The van der Waals surface area contributed by atoms with Gasteiger partial charge in [-0.2, -0.15) is 0 Å². The summed E-state index contributed by atoms with van der Waals surface area (Å²) in [6.45, 7) is 10.3. The highest BCUT2D eigenvalue weighted by molar-refractivity contribution is 7.09. The molecule has 1 aliphatic carbocycles. The number of nitrogens with one attached hydrogen (secondary N) is 2. The van der Waals surface area contributed by atoms with Crippen molar-refractivity contribution in [2.75, 3.05) is 13.6 Å². The van der Waals surface area contributed by atoms with Crippen molar-refractivity contribution < 1.29 is 38.2 Å². The third-order valence-electron chi connectivity index (χ3n) is 11.4. The van der Waals surface area contributed by atoms with E-state index in [1.807, 2.05) is 70.0 Å². The number of amides is 3. The van der Waals surface area contributed by atoms with E-state index in [1.54, 1.807) is 16.3 Å². The highest BCUT2D eigenvalue weighted by atomic mass is 32.1. The van der Waals surface area contributed by atoms with E-state index in [0.29, 0.717) is 29.0 Å². The number of aliphatic carboxylic acids is 1. The van der Waals surface area contributed by atoms with Crippen LogP contribution in [0.3, 0.4) is 0 Å². The Morgan fingerprint density at radius 1 is 1.09 bits per heavy atom. The fraction of sp³-hybridized carbons (Fsp3) is 0.535. The smallest absolute Gasteiger partial charge is 0.311 e. The van der Waals surface area contributed by atoms with Crippen LogP contribution in [0.1, 0.15) is 117 Å². The van der Waals surface area contributed by atoms with Crippen LogP contribution in [0.25, 0.3) is 0 Å². The van der Waals surface area contributed by atoms with E-state index in [1.165, 1.54) is 19.1 Å². The molecule has 57 heavy (non-hydrogen) atoms. The molecular formula is C43H56FN5O7S. The third kappa shape index (κ3) is 11.0. The third-order valence-corrected chi connectivity index (χ3v) is 12.3. The number of ether oxygens (including phenoxy) is 1. The monoisotopic (exact) mass is 805 g/mol. The Morgan fingerprint density at radius 3 is 2.47 bits per heavy atom. The number of carboxylic acid groups (broad SMARTS) is 1. The highest BCUT2D eigenvalue weighted by Gasteiger charge is 2.39. The van der Waals surface area contributed by atoms with E-state index in [-0.39, 0.29) is 54.8 Å². The minimum Gasteiger partial charge on any atom is -0.481 e. The first-order valence-corrected chi connectivity index (χ1v) is 20.8. The van der Waals surface area contributed by atoms with Crippen molar-refractivity contribution in [1.29, 1.82) is 0 Å². The molecule has 2 aliphatic rings. The van der Waals surface area contributed by atoms with Gasteiger partial charge in [0.2, 0.25) is 11.8 Å². The highest BCUT2D eigenvalue weighted by Crippen LogP contribution is 2.35. The number of halogens is 1. The number of likely N-dealkylation sites (tertiary alicyclic amines) is 1. The van der Waals surface area contributed by atoms with Gasteiger partial charge in [0, 0.05) is 37.4 Å². The molecule has 0 unspecified atom stereocenters. The van der Waals surface area contributed by atoms with Crippen LogP contribution in [-0.4, -0.2) is 87.3 Å². The number of carbonyl (C=O) groups excluding carboxylic acids is 4. The Balaban J connectivity index is 1.41. The molecule has 308 valence electrons. The van der Waals surface area contributed by atoms with Gasteiger partial charge in [-0.25, -0.2) is 9.37 Å². The molecule has 0 radical (unpaired) electrons. The molecule has 0 bridgehead atoms. The second kappa shape index (κ2) is 19.6. The predicted octanol–water partition coefficient (Wildman–Crippen LogP) is 6.26. The fourth-order valence-electron chi connectivity index (χ4n) is 8.01. The number of aromatic nitrogens is 1. The molecule has 7 atom stereocenters. The SMILES string of the molecule is CC[C@H](C)[C@H](NC(=O)[C@H]1CCCCN1C)C(=O)N(Cc1ccccc1)[C@H](C[C@@H](OC(C)=O)c1nc(C(=O)N[C@H]2Cc3ccc(F)cc3[C@H](C(=O)O)C2)cs1)C(C)C. The molecule has 3 N–H and O–H groups in total. The molecule has 1 aromatic heterocycles. The van der Waals surface area contributed by atoms with E-state index in [2.05, 4.69) is 15.6 Å². The predicted molar refractivity (Wildman–Crippen MR) is 215 cm³/mol. The van der Waals surface area contributed by atoms with Crippen LogP contribution < -0.4 is 10.6 Å². The minimum absolute atomic E-state index is 0.0782. The van der Waals surface area contributed by atoms with Gasteiger partial charge in [-0.1, -0.05) is 76.9 Å². The van der Waals surface area contributed by atoms with E-state index >= 15 is 0 Å². The zero-order valence-electron chi connectivity index (χ0n) is 33.7. The van der Waals surface area contributed by atoms with Crippen molar-refractivity contribution in [3.63, 3.8) is 0 Å². The number of likely N-dealkylation sites (N-methyl/N-ethyl adjacent to an activating group) is 1.